The Bertz CT molecular complexity index is 1030. The summed E-state index contributed by atoms with van der Waals surface area (Å²) in [4.78, 5) is 28.2. The highest BCUT2D eigenvalue weighted by Crippen LogP contribution is 2.33. The second-order valence-electron chi connectivity index (χ2n) is 5.47. The van der Waals surface area contributed by atoms with Gasteiger partial charge in [-0.3, -0.25) is 14.6 Å². The first kappa shape index (κ1) is 17.3. The molecule has 2 N–H and O–H groups in total. The third-order valence-corrected chi connectivity index (χ3v) is 3.99. The number of nitrogens with zero attached hydrogens (tertiary/aromatic N) is 1. The molecule has 132 valence electrons. The Balaban J connectivity index is 2.16. The van der Waals surface area contributed by atoms with Gasteiger partial charge in [0, 0.05) is 28.8 Å². The summed E-state index contributed by atoms with van der Waals surface area (Å²) in [5.74, 6) is -1.25. The number of carbonyl (C=O) groups is 2. The lowest BCUT2D eigenvalue weighted by molar-refractivity contribution is 0.0995. The van der Waals surface area contributed by atoms with Gasteiger partial charge in [-0.1, -0.05) is 0 Å². The van der Waals surface area contributed by atoms with Crippen LogP contribution in [0.1, 0.15) is 26.3 Å². The number of ketones is 1. The topological polar surface area (TPSA) is 91.5 Å². The van der Waals surface area contributed by atoms with Crippen molar-refractivity contribution in [2.24, 2.45) is 5.73 Å². The first-order valence-electron chi connectivity index (χ1n) is 7.61. The molecule has 1 aromatic heterocycles. The lowest BCUT2D eigenvalue weighted by Gasteiger charge is -2.11. The quantitative estimate of drug-likeness (QED) is 0.711. The van der Waals surface area contributed by atoms with E-state index in [2.05, 4.69) is 4.98 Å². The van der Waals surface area contributed by atoms with E-state index in [1.165, 1.54) is 38.6 Å². The summed E-state index contributed by atoms with van der Waals surface area (Å²) in [7, 11) is 2.97. The summed E-state index contributed by atoms with van der Waals surface area (Å²) in [6, 6.07) is 8.25. The highest BCUT2D eigenvalue weighted by Gasteiger charge is 2.19. The molecule has 0 saturated heterocycles. The van der Waals surface area contributed by atoms with Gasteiger partial charge in [0.25, 0.3) is 0 Å². The van der Waals surface area contributed by atoms with E-state index in [4.69, 9.17) is 15.2 Å². The molecule has 0 aliphatic carbocycles. The monoisotopic (exact) mass is 354 g/mol. The predicted molar refractivity (Wildman–Crippen MR) is 93.2 cm³/mol. The van der Waals surface area contributed by atoms with E-state index in [0.717, 1.165) is 6.07 Å². The smallest absolute Gasteiger partial charge is 0.248 e. The molecule has 0 unspecified atom stereocenters. The third-order valence-electron chi connectivity index (χ3n) is 3.99. The fraction of sp³-hybridized carbons (Fsp3) is 0.105. The Morgan fingerprint density at radius 3 is 2.31 bits per heavy atom. The molecule has 6 nitrogen and oxygen atoms in total. The van der Waals surface area contributed by atoms with Gasteiger partial charge in [-0.25, -0.2) is 4.39 Å². The van der Waals surface area contributed by atoms with Crippen LogP contribution in [-0.4, -0.2) is 30.9 Å². The van der Waals surface area contributed by atoms with Gasteiger partial charge in [0.05, 0.1) is 25.3 Å². The van der Waals surface area contributed by atoms with Crippen LogP contribution < -0.4 is 15.2 Å². The van der Waals surface area contributed by atoms with E-state index >= 15 is 0 Å². The number of amides is 1. The predicted octanol–water partition coefficient (Wildman–Crippen LogP) is 2.72. The van der Waals surface area contributed by atoms with Crippen LogP contribution in [-0.2, 0) is 0 Å². The lowest BCUT2D eigenvalue weighted by atomic mass is 9.98. The minimum Gasteiger partial charge on any atom is -0.493 e. The number of benzene rings is 2. The van der Waals surface area contributed by atoms with Gasteiger partial charge in [0.1, 0.15) is 5.82 Å². The fourth-order valence-corrected chi connectivity index (χ4v) is 2.67. The van der Waals surface area contributed by atoms with Crippen molar-refractivity contribution in [3.8, 4) is 11.5 Å². The van der Waals surface area contributed by atoms with E-state index in [-0.39, 0.29) is 16.7 Å². The molecule has 1 heterocycles. The first-order valence-corrected chi connectivity index (χ1v) is 7.61. The fourth-order valence-electron chi connectivity index (χ4n) is 2.67. The minimum absolute atomic E-state index is 0.00922. The normalized spacial score (nSPS) is 10.6. The molecule has 0 atom stereocenters. The Kier molecular flexibility index (Phi) is 4.53. The van der Waals surface area contributed by atoms with E-state index in [9.17, 15) is 14.0 Å². The Morgan fingerprint density at radius 2 is 1.69 bits per heavy atom. The molecule has 0 radical (unpaired) electrons. The van der Waals surface area contributed by atoms with Crippen molar-refractivity contribution in [1.82, 2.24) is 4.98 Å². The van der Waals surface area contributed by atoms with Gasteiger partial charge in [0.2, 0.25) is 5.91 Å². The Labute approximate surface area is 148 Å². The van der Waals surface area contributed by atoms with Crippen molar-refractivity contribution in [3.05, 3.63) is 65.1 Å². The molecule has 0 spiro atoms. The van der Waals surface area contributed by atoms with Gasteiger partial charge >= 0.3 is 0 Å². The maximum Gasteiger partial charge on any atom is 0.248 e. The molecule has 26 heavy (non-hydrogen) atoms. The maximum absolute atomic E-state index is 14.3. The first-order chi connectivity index (χ1) is 12.5. The van der Waals surface area contributed by atoms with Crippen molar-refractivity contribution in [2.45, 2.75) is 0 Å². The Hall–Kier alpha value is -3.48. The summed E-state index contributed by atoms with van der Waals surface area (Å²) < 4.78 is 24.8. The van der Waals surface area contributed by atoms with Crippen molar-refractivity contribution in [1.29, 1.82) is 0 Å². The number of ether oxygens (including phenoxy) is 2. The highest BCUT2D eigenvalue weighted by atomic mass is 19.1. The molecule has 7 heteroatoms. The standard InChI is InChI=1S/C19H15FN2O4/c1-25-16-8-13-11(5-6-22-15(13)9-17(16)26-2)18(23)12-4-3-10(19(21)24)7-14(12)20/h3-9H,1-2H3,(H2,21,24). The van der Waals surface area contributed by atoms with Crippen molar-refractivity contribution >= 4 is 22.6 Å². The average molecular weight is 354 g/mol. The van der Waals surface area contributed by atoms with Crippen molar-refractivity contribution in [2.75, 3.05) is 14.2 Å². The lowest BCUT2D eigenvalue weighted by Crippen LogP contribution is -2.13. The number of pyridine rings is 1. The number of nitrogens with two attached hydrogens (primary N) is 1. The van der Waals surface area contributed by atoms with Crippen LogP contribution in [0.4, 0.5) is 4.39 Å². The number of hydrogen-bond donors (Lipinski definition) is 1. The van der Waals surface area contributed by atoms with Crippen LogP contribution >= 0.6 is 0 Å². The van der Waals surface area contributed by atoms with E-state index in [0.29, 0.717) is 22.4 Å². The van der Waals surface area contributed by atoms with E-state index < -0.39 is 17.5 Å². The number of carbonyl (C=O) groups excluding carboxylic acids is 2. The molecule has 0 aliphatic rings. The van der Waals surface area contributed by atoms with Crippen LogP contribution in [0.5, 0.6) is 11.5 Å². The zero-order valence-corrected chi connectivity index (χ0v) is 14.1. The maximum atomic E-state index is 14.3. The van der Waals surface area contributed by atoms with Gasteiger partial charge in [0.15, 0.2) is 17.3 Å². The molecule has 0 fully saturated rings. The third kappa shape index (κ3) is 2.95. The number of methoxy groups -OCH3 is 2. The molecule has 1 amide bonds. The molecule has 0 saturated carbocycles. The van der Waals surface area contributed by atoms with Crippen LogP contribution in [0.15, 0.2) is 42.6 Å². The van der Waals surface area contributed by atoms with Crippen LogP contribution in [0.3, 0.4) is 0 Å². The SMILES string of the molecule is COc1cc2nccc(C(=O)c3ccc(C(N)=O)cc3F)c2cc1OC. The molecular weight excluding hydrogens is 339 g/mol. The van der Waals surface area contributed by atoms with Crippen LogP contribution in [0.2, 0.25) is 0 Å². The molecule has 0 bridgehead atoms. The molecule has 3 rings (SSSR count). The number of fused-ring (bicyclic) bond motifs is 1. The number of primary amides is 1. The van der Waals surface area contributed by atoms with E-state index in [1.807, 2.05) is 0 Å². The minimum atomic E-state index is -0.822. The van der Waals surface area contributed by atoms with Crippen LogP contribution in [0.25, 0.3) is 10.9 Å². The largest absolute Gasteiger partial charge is 0.493 e. The summed E-state index contributed by atoms with van der Waals surface area (Å²) in [5, 5.41) is 0.494. The summed E-state index contributed by atoms with van der Waals surface area (Å²) >= 11 is 0. The Morgan fingerprint density at radius 1 is 1.00 bits per heavy atom. The second-order valence-corrected chi connectivity index (χ2v) is 5.47. The molecule has 2 aromatic carbocycles. The number of halogens is 1. The van der Waals surface area contributed by atoms with Crippen LogP contribution in [0, 0.1) is 5.82 Å². The second kappa shape index (κ2) is 6.79. The molecule has 3 aromatic rings. The molecular formula is C19H15FN2O4. The van der Waals surface area contributed by atoms with Gasteiger partial charge < -0.3 is 15.2 Å². The number of aromatic nitrogens is 1. The zero-order chi connectivity index (χ0) is 18.8. The zero-order valence-electron chi connectivity index (χ0n) is 14.1. The van der Waals surface area contributed by atoms with Gasteiger partial charge in [-0.15, -0.1) is 0 Å². The summed E-state index contributed by atoms with van der Waals surface area (Å²) in [6.45, 7) is 0. The van der Waals surface area contributed by atoms with Crippen molar-refractivity contribution < 1.29 is 23.5 Å². The van der Waals surface area contributed by atoms with Gasteiger partial charge in [-0.2, -0.15) is 0 Å². The highest BCUT2D eigenvalue weighted by molar-refractivity contribution is 6.16. The number of hydrogen-bond acceptors (Lipinski definition) is 5. The average Bonchev–Trinajstić information content (AvgIpc) is 2.65. The molecule has 0 aliphatic heterocycles. The number of rotatable bonds is 5. The summed E-state index contributed by atoms with van der Waals surface area (Å²) in [5.41, 5.74) is 5.70. The summed E-state index contributed by atoms with van der Waals surface area (Å²) in [6.07, 6.45) is 1.46. The van der Waals surface area contributed by atoms with Gasteiger partial charge in [-0.05, 0) is 30.3 Å². The van der Waals surface area contributed by atoms with E-state index in [1.54, 1.807) is 12.1 Å². The van der Waals surface area contributed by atoms with Crippen molar-refractivity contribution in [3.63, 3.8) is 0 Å².